The number of rotatable bonds is 4. The van der Waals surface area contributed by atoms with Crippen LogP contribution in [0.15, 0.2) is 36.5 Å². The van der Waals surface area contributed by atoms with Crippen LogP contribution in [0.5, 0.6) is 0 Å². The number of aryl methyl sites for hydroxylation is 2. The van der Waals surface area contributed by atoms with Crippen molar-refractivity contribution in [2.45, 2.75) is 52.5 Å². The highest BCUT2D eigenvalue weighted by atomic mass is 16.2. The molecule has 4 rings (SSSR count). The van der Waals surface area contributed by atoms with Crippen LogP contribution in [-0.4, -0.2) is 40.4 Å². The number of benzene rings is 1. The maximum atomic E-state index is 12.5. The lowest BCUT2D eigenvalue weighted by Crippen LogP contribution is -2.51. The van der Waals surface area contributed by atoms with Crippen LogP contribution in [0.25, 0.3) is 0 Å². The van der Waals surface area contributed by atoms with Crippen molar-refractivity contribution in [1.29, 1.82) is 0 Å². The summed E-state index contributed by atoms with van der Waals surface area (Å²) in [6.07, 6.45) is 6.88. The van der Waals surface area contributed by atoms with Gasteiger partial charge >= 0.3 is 0 Å². The number of likely N-dealkylation sites (tertiary alicyclic amines) is 1. The van der Waals surface area contributed by atoms with Gasteiger partial charge in [-0.2, -0.15) is 0 Å². The molecule has 0 N–H and O–H groups in total. The maximum Gasteiger partial charge on any atom is 0.222 e. The summed E-state index contributed by atoms with van der Waals surface area (Å²) in [5.74, 6) is 2.25. The summed E-state index contributed by atoms with van der Waals surface area (Å²) >= 11 is 0. The van der Waals surface area contributed by atoms with Gasteiger partial charge in [0.05, 0.1) is 0 Å². The molecule has 1 aromatic carbocycles. The summed E-state index contributed by atoms with van der Waals surface area (Å²) in [6, 6.07) is 10.3. The Kier molecular flexibility index (Phi) is 5.33. The van der Waals surface area contributed by atoms with E-state index in [0.29, 0.717) is 12.3 Å². The molecule has 0 bridgehead atoms. The average molecular weight is 379 g/mol. The molecule has 1 amide bonds. The molecule has 0 aliphatic carbocycles. The van der Waals surface area contributed by atoms with Crippen molar-refractivity contribution in [2.75, 3.05) is 24.5 Å². The van der Waals surface area contributed by atoms with Gasteiger partial charge in [-0.15, -0.1) is 0 Å². The summed E-state index contributed by atoms with van der Waals surface area (Å²) in [7, 11) is 0. The summed E-state index contributed by atoms with van der Waals surface area (Å²) in [6.45, 7) is 7.77. The molecule has 2 aromatic rings. The van der Waals surface area contributed by atoms with E-state index in [1.54, 1.807) is 0 Å². The smallest absolute Gasteiger partial charge is 0.222 e. The molecule has 3 heterocycles. The summed E-state index contributed by atoms with van der Waals surface area (Å²) < 4.78 is 0. The van der Waals surface area contributed by atoms with Gasteiger partial charge < -0.3 is 9.80 Å². The van der Waals surface area contributed by atoms with Gasteiger partial charge in [-0.1, -0.05) is 37.3 Å². The van der Waals surface area contributed by atoms with Gasteiger partial charge in [0.15, 0.2) is 0 Å². The first kappa shape index (κ1) is 18.9. The molecular formula is C23H30N4O. The lowest BCUT2D eigenvalue weighted by Gasteiger charge is -2.48. The van der Waals surface area contributed by atoms with Crippen molar-refractivity contribution in [1.82, 2.24) is 14.9 Å². The Morgan fingerprint density at radius 1 is 1.11 bits per heavy atom. The topological polar surface area (TPSA) is 49.3 Å². The highest BCUT2D eigenvalue weighted by Gasteiger charge is 2.41. The number of carbonyl (C=O) groups is 1. The number of nitrogens with zero attached hydrogens (tertiary/aromatic N) is 4. The molecule has 0 unspecified atom stereocenters. The minimum absolute atomic E-state index is 0.258. The van der Waals surface area contributed by atoms with Gasteiger partial charge in [0, 0.05) is 44.4 Å². The SMILES string of the molecule is CCc1cnc(C)nc1N1CCC2(CCC(=O)N(Cc3ccccc3)C2)CC1. The van der Waals surface area contributed by atoms with Gasteiger partial charge in [-0.25, -0.2) is 9.97 Å². The van der Waals surface area contributed by atoms with Gasteiger partial charge in [0.1, 0.15) is 11.6 Å². The minimum Gasteiger partial charge on any atom is -0.356 e. The van der Waals surface area contributed by atoms with Crippen LogP contribution < -0.4 is 4.90 Å². The van der Waals surface area contributed by atoms with Gasteiger partial charge in [-0.3, -0.25) is 4.79 Å². The maximum absolute atomic E-state index is 12.5. The molecule has 5 heteroatoms. The molecule has 1 aromatic heterocycles. The van der Waals surface area contributed by atoms with Crippen LogP contribution in [0.4, 0.5) is 5.82 Å². The average Bonchev–Trinajstić information content (AvgIpc) is 2.72. The van der Waals surface area contributed by atoms with Crippen LogP contribution in [0.1, 0.15) is 49.6 Å². The Labute approximate surface area is 167 Å². The fraction of sp³-hybridized carbons (Fsp3) is 0.522. The standard InChI is InChI=1S/C23H30N4O/c1-3-20-15-24-18(2)25-22(20)26-13-11-23(12-14-26)10-9-21(28)27(17-23)16-19-7-5-4-6-8-19/h4-8,15H,3,9-14,16-17H2,1-2H3. The normalized spacial score (nSPS) is 19.3. The molecule has 0 atom stereocenters. The second kappa shape index (κ2) is 7.90. The Balaban J connectivity index is 1.45. The molecule has 28 heavy (non-hydrogen) atoms. The van der Waals surface area contributed by atoms with Crippen molar-refractivity contribution in [2.24, 2.45) is 5.41 Å². The fourth-order valence-electron chi connectivity index (χ4n) is 4.66. The predicted octanol–water partition coefficient (Wildman–Crippen LogP) is 3.76. The Morgan fingerprint density at radius 2 is 1.86 bits per heavy atom. The number of aromatic nitrogens is 2. The molecule has 0 radical (unpaired) electrons. The third-order valence-corrected chi connectivity index (χ3v) is 6.43. The largest absolute Gasteiger partial charge is 0.356 e. The van der Waals surface area contributed by atoms with Gasteiger partial charge in [0.2, 0.25) is 5.91 Å². The van der Waals surface area contributed by atoms with Crippen LogP contribution >= 0.6 is 0 Å². The quantitative estimate of drug-likeness (QED) is 0.813. The van der Waals surface area contributed by atoms with Crippen LogP contribution in [0, 0.1) is 12.3 Å². The van der Waals surface area contributed by atoms with E-state index in [2.05, 4.69) is 33.8 Å². The van der Waals surface area contributed by atoms with Gasteiger partial charge in [-0.05, 0) is 43.6 Å². The predicted molar refractivity (Wildman–Crippen MR) is 111 cm³/mol. The first-order valence-corrected chi connectivity index (χ1v) is 10.5. The summed E-state index contributed by atoms with van der Waals surface area (Å²) in [5.41, 5.74) is 2.70. The number of piperidine rings is 2. The number of hydrogen-bond donors (Lipinski definition) is 0. The van der Waals surface area contributed by atoms with E-state index < -0.39 is 0 Å². The lowest BCUT2D eigenvalue weighted by molar-refractivity contribution is -0.139. The van der Waals surface area contributed by atoms with Crippen molar-refractivity contribution < 1.29 is 4.79 Å². The highest BCUT2D eigenvalue weighted by Crippen LogP contribution is 2.41. The van der Waals surface area contributed by atoms with E-state index in [0.717, 1.165) is 63.5 Å². The van der Waals surface area contributed by atoms with E-state index in [9.17, 15) is 4.79 Å². The molecule has 148 valence electrons. The zero-order valence-electron chi connectivity index (χ0n) is 17.0. The van der Waals surface area contributed by atoms with E-state index in [1.165, 1.54) is 11.1 Å². The molecule has 2 aliphatic heterocycles. The molecule has 0 saturated carbocycles. The van der Waals surface area contributed by atoms with Crippen LogP contribution in [0.3, 0.4) is 0 Å². The number of hydrogen-bond acceptors (Lipinski definition) is 4. The third-order valence-electron chi connectivity index (χ3n) is 6.43. The third kappa shape index (κ3) is 3.89. The molecule has 2 aliphatic rings. The van der Waals surface area contributed by atoms with Crippen LogP contribution in [-0.2, 0) is 17.8 Å². The fourth-order valence-corrected chi connectivity index (χ4v) is 4.66. The number of anilines is 1. The van der Waals surface area contributed by atoms with Crippen molar-refractivity contribution >= 4 is 11.7 Å². The summed E-state index contributed by atoms with van der Waals surface area (Å²) in [5, 5.41) is 0. The monoisotopic (exact) mass is 378 g/mol. The van der Waals surface area contributed by atoms with E-state index >= 15 is 0 Å². The second-order valence-electron chi connectivity index (χ2n) is 8.34. The Bertz CT molecular complexity index is 828. The van der Waals surface area contributed by atoms with Crippen molar-refractivity contribution in [3.8, 4) is 0 Å². The highest BCUT2D eigenvalue weighted by molar-refractivity contribution is 5.77. The van der Waals surface area contributed by atoms with Gasteiger partial charge in [0.25, 0.3) is 0 Å². The molecule has 2 saturated heterocycles. The zero-order valence-corrected chi connectivity index (χ0v) is 17.0. The molecule has 2 fully saturated rings. The van der Waals surface area contributed by atoms with E-state index in [1.807, 2.05) is 31.3 Å². The van der Waals surface area contributed by atoms with E-state index in [4.69, 9.17) is 4.98 Å². The molecule has 1 spiro atoms. The molecule has 5 nitrogen and oxygen atoms in total. The van der Waals surface area contributed by atoms with Crippen molar-refractivity contribution in [3.63, 3.8) is 0 Å². The first-order valence-electron chi connectivity index (χ1n) is 10.5. The number of amides is 1. The number of carbonyl (C=O) groups excluding carboxylic acids is 1. The Morgan fingerprint density at radius 3 is 2.57 bits per heavy atom. The van der Waals surface area contributed by atoms with Crippen LogP contribution in [0.2, 0.25) is 0 Å². The Hall–Kier alpha value is -2.43. The molecular weight excluding hydrogens is 348 g/mol. The van der Waals surface area contributed by atoms with E-state index in [-0.39, 0.29) is 5.41 Å². The summed E-state index contributed by atoms with van der Waals surface area (Å²) in [4.78, 5) is 26.1. The second-order valence-corrected chi connectivity index (χ2v) is 8.34. The minimum atomic E-state index is 0.258. The zero-order chi connectivity index (χ0) is 19.6. The lowest BCUT2D eigenvalue weighted by atomic mass is 9.72. The van der Waals surface area contributed by atoms with Crippen molar-refractivity contribution in [3.05, 3.63) is 53.5 Å². The first-order chi connectivity index (χ1) is 13.6.